The van der Waals surface area contributed by atoms with E-state index in [-0.39, 0.29) is 5.78 Å². The Kier molecular flexibility index (Phi) is 3.53. The Morgan fingerprint density at radius 1 is 1.21 bits per heavy atom. The van der Waals surface area contributed by atoms with Crippen molar-refractivity contribution in [2.75, 3.05) is 32.7 Å². The predicted octanol–water partition coefficient (Wildman–Crippen LogP) is 1.32. The van der Waals surface area contributed by atoms with Crippen LogP contribution in [-0.2, 0) is 0 Å². The summed E-state index contributed by atoms with van der Waals surface area (Å²) in [6.45, 7) is 4.27. The van der Waals surface area contributed by atoms with Crippen molar-refractivity contribution in [3.05, 3.63) is 42.1 Å². The number of Topliss-reactive ketones (excluding diaryl/α,β-unsaturated/α-hetero) is 1. The van der Waals surface area contributed by atoms with Gasteiger partial charge in [-0.3, -0.25) is 14.7 Å². The van der Waals surface area contributed by atoms with Gasteiger partial charge in [0.2, 0.25) is 0 Å². The van der Waals surface area contributed by atoms with Gasteiger partial charge in [-0.25, -0.2) is 0 Å². The second-order valence-electron chi connectivity index (χ2n) is 4.83. The smallest absolute Gasteiger partial charge is 0.179 e. The summed E-state index contributed by atoms with van der Waals surface area (Å²) in [4.78, 5) is 19.0. The van der Waals surface area contributed by atoms with Gasteiger partial charge in [0.25, 0.3) is 0 Å². The van der Waals surface area contributed by atoms with Crippen LogP contribution in [0, 0.1) is 0 Å². The quantitative estimate of drug-likeness (QED) is 0.840. The molecule has 3 rings (SSSR count). The second-order valence-corrected chi connectivity index (χ2v) is 4.83. The molecule has 1 saturated heterocycles. The average Bonchev–Trinajstić information content (AvgIpc) is 2.47. The average molecular weight is 255 g/mol. The van der Waals surface area contributed by atoms with Gasteiger partial charge in [-0.1, -0.05) is 18.2 Å². The van der Waals surface area contributed by atoms with Gasteiger partial charge in [0.05, 0.1) is 12.1 Å². The van der Waals surface area contributed by atoms with E-state index in [1.165, 1.54) is 0 Å². The number of pyridine rings is 1. The molecule has 2 heterocycles. The number of hydrogen-bond acceptors (Lipinski definition) is 4. The lowest BCUT2D eigenvalue weighted by atomic mass is 10.1. The lowest BCUT2D eigenvalue weighted by Crippen LogP contribution is -2.45. The fourth-order valence-electron chi connectivity index (χ4n) is 2.49. The van der Waals surface area contributed by atoms with Crippen LogP contribution in [0.2, 0.25) is 0 Å². The first-order valence-corrected chi connectivity index (χ1v) is 6.64. The predicted molar refractivity (Wildman–Crippen MR) is 75.4 cm³/mol. The second kappa shape index (κ2) is 5.47. The summed E-state index contributed by atoms with van der Waals surface area (Å²) in [5.74, 6) is 0.159. The Hall–Kier alpha value is -1.78. The van der Waals surface area contributed by atoms with Gasteiger partial charge < -0.3 is 5.32 Å². The number of aromatic nitrogens is 1. The summed E-state index contributed by atoms with van der Waals surface area (Å²) in [5, 5.41) is 4.31. The van der Waals surface area contributed by atoms with Crippen LogP contribution in [0.3, 0.4) is 0 Å². The summed E-state index contributed by atoms with van der Waals surface area (Å²) in [6.07, 6.45) is 1.74. The molecule has 0 spiro atoms. The summed E-state index contributed by atoms with van der Waals surface area (Å²) >= 11 is 0. The number of nitrogens with zero attached hydrogens (tertiary/aromatic N) is 2. The maximum absolute atomic E-state index is 12.4. The molecule has 19 heavy (non-hydrogen) atoms. The van der Waals surface area contributed by atoms with Crippen LogP contribution in [0.1, 0.15) is 10.4 Å². The largest absolute Gasteiger partial charge is 0.314 e. The minimum Gasteiger partial charge on any atom is -0.314 e. The number of rotatable bonds is 3. The first-order chi connectivity index (χ1) is 9.34. The molecule has 1 aromatic carbocycles. The molecule has 1 aliphatic rings. The van der Waals surface area contributed by atoms with E-state index in [0.717, 1.165) is 42.6 Å². The summed E-state index contributed by atoms with van der Waals surface area (Å²) in [5.41, 5.74) is 1.54. The molecule has 98 valence electrons. The van der Waals surface area contributed by atoms with Crippen LogP contribution < -0.4 is 5.32 Å². The van der Waals surface area contributed by atoms with E-state index in [0.29, 0.717) is 6.54 Å². The number of nitrogens with one attached hydrogen (secondary N) is 1. The Labute approximate surface area is 112 Å². The fourth-order valence-corrected chi connectivity index (χ4v) is 2.49. The summed E-state index contributed by atoms with van der Waals surface area (Å²) in [6, 6.07) is 9.68. The molecular weight excluding hydrogens is 238 g/mol. The van der Waals surface area contributed by atoms with Gasteiger partial charge in [-0.05, 0) is 12.1 Å². The van der Waals surface area contributed by atoms with E-state index in [1.54, 1.807) is 6.20 Å². The zero-order valence-electron chi connectivity index (χ0n) is 10.8. The maximum Gasteiger partial charge on any atom is 0.179 e. The number of para-hydroxylation sites is 1. The van der Waals surface area contributed by atoms with Gasteiger partial charge in [0.15, 0.2) is 5.78 Å². The SMILES string of the molecule is O=C(CN1CCNCC1)c1cccc2cccnc12. The van der Waals surface area contributed by atoms with Gasteiger partial charge in [-0.2, -0.15) is 0 Å². The van der Waals surface area contributed by atoms with E-state index in [4.69, 9.17) is 0 Å². The highest BCUT2D eigenvalue weighted by Crippen LogP contribution is 2.16. The van der Waals surface area contributed by atoms with Crippen LogP contribution in [0.25, 0.3) is 10.9 Å². The molecule has 0 amide bonds. The van der Waals surface area contributed by atoms with Crippen molar-refractivity contribution in [1.82, 2.24) is 15.2 Å². The molecule has 0 unspecified atom stereocenters. The standard InChI is InChI=1S/C15H17N3O/c19-14(11-18-9-7-16-8-10-18)13-5-1-3-12-4-2-6-17-15(12)13/h1-6,16H,7-11H2. The van der Waals surface area contributed by atoms with E-state index in [9.17, 15) is 4.79 Å². The number of piperazine rings is 1. The normalized spacial score (nSPS) is 16.6. The molecule has 0 saturated carbocycles. The van der Waals surface area contributed by atoms with Crippen LogP contribution in [0.15, 0.2) is 36.5 Å². The lowest BCUT2D eigenvalue weighted by Gasteiger charge is -2.26. The molecule has 1 fully saturated rings. The molecule has 2 aromatic rings. The van der Waals surface area contributed by atoms with Gasteiger partial charge >= 0.3 is 0 Å². The number of fused-ring (bicyclic) bond motifs is 1. The van der Waals surface area contributed by atoms with Crippen molar-refractivity contribution in [3.63, 3.8) is 0 Å². The number of hydrogen-bond donors (Lipinski definition) is 1. The monoisotopic (exact) mass is 255 g/mol. The summed E-state index contributed by atoms with van der Waals surface area (Å²) < 4.78 is 0. The minimum absolute atomic E-state index is 0.159. The molecule has 4 heteroatoms. The summed E-state index contributed by atoms with van der Waals surface area (Å²) in [7, 11) is 0. The highest BCUT2D eigenvalue weighted by Gasteiger charge is 2.16. The number of ketones is 1. The van der Waals surface area contributed by atoms with Crippen LogP contribution >= 0.6 is 0 Å². The van der Waals surface area contributed by atoms with Crippen molar-refractivity contribution >= 4 is 16.7 Å². The van der Waals surface area contributed by atoms with Gasteiger partial charge in [-0.15, -0.1) is 0 Å². The third-order valence-corrected chi connectivity index (χ3v) is 3.51. The van der Waals surface area contributed by atoms with E-state index in [1.807, 2.05) is 30.3 Å². The highest BCUT2D eigenvalue weighted by molar-refractivity contribution is 6.07. The van der Waals surface area contributed by atoms with Crippen molar-refractivity contribution in [3.8, 4) is 0 Å². The zero-order valence-corrected chi connectivity index (χ0v) is 10.8. The van der Waals surface area contributed by atoms with E-state index >= 15 is 0 Å². The zero-order chi connectivity index (χ0) is 13.1. The Morgan fingerprint density at radius 2 is 2.00 bits per heavy atom. The molecule has 4 nitrogen and oxygen atoms in total. The lowest BCUT2D eigenvalue weighted by molar-refractivity contribution is 0.0923. The molecular formula is C15H17N3O. The topological polar surface area (TPSA) is 45.2 Å². The molecule has 1 aromatic heterocycles. The van der Waals surface area contributed by atoms with Crippen molar-refractivity contribution in [2.45, 2.75) is 0 Å². The molecule has 0 radical (unpaired) electrons. The van der Waals surface area contributed by atoms with Gasteiger partial charge in [0.1, 0.15) is 0 Å². The Bertz CT molecular complexity index is 585. The highest BCUT2D eigenvalue weighted by atomic mass is 16.1. The minimum atomic E-state index is 0.159. The van der Waals surface area contributed by atoms with E-state index < -0.39 is 0 Å². The fraction of sp³-hybridized carbons (Fsp3) is 0.333. The maximum atomic E-state index is 12.4. The number of carbonyl (C=O) groups excluding carboxylic acids is 1. The third-order valence-electron chi connectivity index (χ3n) is 3.51. The van der Waals surface area contributed by atoms with Crippen LogP contribution in [0.5, 0.6) is 0 Å². The molecule has 0 aliphatic carbocycles. The number of benzene rings is 1. The molecule has 1 aliphatic heterocycles. The van der Waals surface area contributed by atoms with Crippen LogP contribution in [-0.4, -0.2) is 48.4 Å². The van der Waals surface area contributed by atoms with Crippen molar-refractivity contribution in [1.29, 1.82) is 0 Å². The van der Waals surface area contributed by atoms with Crippen LogP contribution in [0.4, 0.5) is 0 Å². The first-order valence-electron chi connectivity index (χ1n) is 6.64. The Morgan fingerprint density at radius 3 is 2.84 bits per heavy atom. The first kappa shape index (κ1) is 12.3. The molecule has 0 atom stereocenters. The number of carbonyl (C=O) groups is 1. The van der Waals surface area contributed by atoms with Crippen molar-refractivity contribution < 1.29 is 4.79 Å². The molecule has 0 bridgehead atoms. The van der Waals surface area contributed by atoms with E-state index in [2.05, 4.69) is 15.2 Å². The molecule has 1 N–H and O–H groups in total. The Balaban J connectivity index is 1.85. The van der Waals surface area contributed by atoms with Gasteiger partial charge in [0, 0.05) is 43.3 Å². The third kappa shape index (κ3) is 2.64. The van der Waals surface area contributed by atoms with Crippen molar-refractivity contribution in [2.24, 2.45) is 0 Å².